The summed E-state index contributed by atoms with van der Waals surface area (Å²) in [4.78, 5) is 11.2. The standard InChI is InChI=1S/C10H7O/c11-10-7-3-5-8-4-1-2-6-9(8)10/h1,3-6H,7H2. The summed E-state index contributed by atoms with van der Waals surface area (Å²) in [6, 6.07) is 8.37. The zero-order chi connectivity index (χ0) is 7.68. The zero-order valence-electron chi connectivity index (χ0n) is 6.00. The second-order valence-corrected chi connectivity index (χ2v) is 2.54. The van der Waals surface area contributed by atoms with Gasteiger partial charge in [-0.05, 0) is 17.7 Å². The van der Waals surface area contributed by atoms with Gasteiger partial charge in [0, 0.05) is 12.0 Å². The molecule has 1 aromatic rings. The summed E-state index contributed by atoms with van der Waals surface area (Å²) in [5.41, 5.74) is 1.81. The molecule has 1 aliphatic carbocycles. The van der Waals surface area contributed by atoms with E-state index in [9.17, 15) is 4.79 Å². The van der Waals surface area contributed by atoms with E-state index >= 15 is 0 Å². The highest BCUT2D eigenvalue weighted by Crippen LogP contribution is 2.17. The lowest BCUT2D eigenvalue weighted by Gasteiger charge is -2.06. The van der Waals surface area contributed by atoms with Crippen LogP contribution >= 0.6 is 0 Å². The molecule has 0 aromatic heterocycles. The third kappa shape index (κ3) is 0.984. The van der Waals surface area contributed by atoms with Gasteiger partial charge in [-0.1, -0.05) is 24.3 Å². The third-order valence-corrected chi connectivity index (χ3v) is 1.80. The van der Waals surface area contributed by atoms with Crippen molar-refractivity contribution in [2.24, 2.45) is 0 Å². The summed E-state index contributed by atoms with van der Waals surface area (Å²) in [7, 11) is 0. The second-order valence-electron chi connectivity index (χ2n) is 2.54. The minimum absolute atomic E-state index is 0.194. The van der Waals surface area contributed by atoms with E-state index in [2.05, 4.69) is 6.07 Å². The molecule has 0 atom stereocenters. The molecular formula is C10H7O. The highest BCUT2D eigenvalue weighted by molar-refractivity contribution is 6.02. The van der Waals surface area contributed by atoms with Gasteiger partial charge in [0.15, 0.2) is 5.78 Å². The Hall–Kier alpha value is -1.37. The number of allylic oxidation sites excluding steroid dienone is 1. The number of carbonyl (C=O) groups excluding carboxylic acids is 1. The number of hydrogen-bond acceptors (Lipinski definition) is 1. The Kier molecular flexibility index (Phi) is 1.35. The van der Waals surface area contributed by atoms with E-state index in [0.717, 1.165) is 11.1 Å². The van der Waals surface area contributed by atoms with Crippen molar-refractivity contribution in [3.05, 3.63) is 41.5 Å². The smallest absolute Gasteiger partial charge is 0.167 e. The molecule has 0 heterocycles. The van der Waals surface area contributed by atoms with Crippen LogP contribution in [0.3, 0.4) is 0 Å². The lowest BCUT2D eigenvalue weighted by molar-refractivity contribution is 0.0994. The van der Waals surface area contributed by atoms with Gasteiger partial charge in [0.1, 0.15) is 0 Å². The van der Waals surface area contributed by atoms with E-state index in [1.165, 1.54) is 0 Å². The van der Waals surface area contributed by atoms with Crippen molar-refractivity contribution in [3.63, 3.8) is 0 Å². The maximum absolute atomic E-state index is 11.2. The van der Waals surface area contributed by atoms with E-state index in [0.29, 0.717) is 6.42 Å². The Balaban J connectivity index is 2.63. The summed E-state index contributed by atoms with van der Waals surface area (Å²) >= 11 is 0. The molecule has 1 aromatic carbocycles. The van der Waals surface area contributed by atoms with Gasteiger partial charge in [-0.3, -0.25) is 4.79 Å². The van der Waals surface area contributed by atoms with Crippen molar-refractivity contribution in [1.82, 2.24) is 0 Å². The quantitative estimate of drug-likeness (QED) is 0.543. The summed E-state index contributed by atoms with van der Waals surface area (Å²) in [5, 5.41) is 0. The topological polar surface area (TPSA) is 17.1 Å². The van der Waals surface area contributed by atoms with E-state index in [4.69, 9.17) is 0 Å². The molecule has 0 spiro atoms. The number of Topliss-reactive ketones (excluding diaryl/α,β-unsaturated/α-hetero) is 1. The van der Waals surface area contributed by atoms with Gasteiger partial charge in [-0.2, -0.15) is 0 Å². The van der Waals surface area contributed by atoms with Crippen LogP contribution in [0.25, 0.3) is 6.08 Å². The summed E-state index contributed by atoms with van der Waals surface area (Å²) in [6.07, 6.45) is 4.40. The van der Waals surface area contributed by atoms with Crippen molar-refractivity contribution < 1.29 is 4.79 Å². The number of benzene rings is 1. The largest absolute Gasteiger partial charge is 0.294 e. The molecule has 0 saturated heterocycles. The molecule has 0 aliphatic heterocycles. The van der Waals surface area contributed by atoms with Gasteiger partial charge in [-0.15, -0.1) is 0 Å². The van der Waals surface area contributed by atoms with Gasteiger partial charge in [0.2, 0.25) is 0 Å². The SMILES string of the molecule is O=C1CC=Cc2cc[c]cc21. The molecule has 1 radical (unpaired) electrons. The van der Waals surface area contributed by atoms with Crippen molar-refractivity contribution in [2.75, 3.05) is 0 Å². The summed E-state index contributed by atoms with van der Waals surface area (Å²) in [6.45, 7) is 0. The van der Waals surface area contributed by atoms with Crippen LogP contribution in [-0.2, 0) is 0 Å². The van der Waals surface area contributed by atoms with Crippen LogP contribution in [0.15, 0.2) is 24.3 Å². The number of carbonyl (C=O) groups is 1. The Morgan fingerprint density at radius 2 is 2.36 bits per heavy atom. The highest BCUT2D eigenvalue weighted by atomic mass is 16.1. The van der Waals surface area contributed by atoms with Crippen LogP contribution < -0.4 is 0 Å². The molecule has 2 rings (SSSR count). The molecule has 0 saturated carbocycles. The Morgan fingerprint density at radius 1 is 1.45 bits per heavy atom. The average molecular weight is 143 g/mol. The predicted molar refractivity (Wildman–Crippen MR) is 43.3 cm³/mol. The molecule has 0 fully saturated rings. The van der Waals surface area contributed by atoms with Gasteiger partial charge in [-0.25, -0.2) is 0 Å². The van der Waals surface area contributed by atoms with E-state index in [-0.39, 0.29) is 5.78 Å². The Bertz CT molecular complexity index is 323. The fourth-order valence-electron chi connectivity index (χ4n) is 1.23. The lowest BCUT2D eigenvalue weighted by atomic mass is 9.97. The first-order valence-corrected chi connectivity index (χ1v) is 3.58. The molecule has 53 valence electrons. The van der Waals surface area contributed by atoms with Crippen LogP contribution in [0, 0.1) is 6.07 Å². The monoisotopic (exact) mass is 143 g/mol. The van der Waals surface area contributed by atoms with Crippen LogP contribution in [-0.4, -0.2) is 5.78 Å². The minimum atomic E-state index is 0.194. The van der Waals surface area contributed by atoms with Crippen molar-refractivity contribution in [1.29, 1.82) is 0 Å². The van der Waals surface area contributed by atoms with E-state index < -0.39 is 0 Å². The summed E-state index contributed by atoms with van der Waals surface area (Å²) < 4.78 is 0. The molecule has 0 N–H and O–H groups in total. The maximum atomic E-state index is 11.2. The van der Waals surface area contributed by atoms with Crippen LogP contribution in [0.5, 0.6) is 0 Å². The fraction of sp³-hybridized carbons (Fsp3) is 0.100. The van der Waals surface area contributed by atoms with Crippen LogP contribution in [0.4, 0.5) is 0 Å². The number of fused-ring (bicyclic) bond motifs is 1. The first-order valence-electron chi connectivity index (χ1n) is 3.58. The molecule has 11 heavy (non-hydrogen) atoms. The normalized spacial score (nSPS) is 14.7. The zero-order valence-corrected chi connectivity index (χ0v) is 6.00. The van der Waals surface area contributed by atoms with E-state index in [1.807, 2.05) is 24.3 Å². The predicted octanol–water partition coefficient (Wildman–Crippen LogP) is 2.09. The Morgan fingerprint density at radius 3 is 3.18 bits per heavy atom. The molecule has 1 heteroatoms. The van der Waals surface area contributed by atoms with E-state index in [1.54, 1.807) is 6.07 Å². The molecule has 1 aliphatic rings. The number of rotatable bonds is 0. The van der Waals surface area contributed by atoms with Gasteiger partial charge >= 0.3 is 0 Å². The van der Waals surface area contributed by atoms with Crippen LogP contribution in [0.1, 0.15) is 22.3 Å². The van der Waals surface area contributed by atoms with Crippen molar-refractivity contribution >= 4 is 11.9 Å². The number of hydrogen-bond donors (Lipinski definition) is 0. The molecule has 0 amide bonds. The minimum Gasteiger partial charge on any atom is -0.294 e. The lowest BCUT2D eigenvalue weighted by Crippen LogP contribution is -2.03. The third-order valence-electron chi connectivity index (χ3n) is 1.80. The highest BCUT2D eigenvalue weighted by Gasteiger charge is 2.10. The van der Waals surface area contributed by atoms with Crippen LogP contribution in [0.2, 0.25) is 0 Å². The number of ketones is 1. The molecule has 0 unspecified atom stereocenters. The second kappa shape index (κ2) is 2.35. The molecule has 1 nitrogen and oxygen atoms in total. The first-order chi connectivity index (χ1) is 5.38. The first kappa shape index (κ1) is 6.35. The van der Waals surface area contributed by atoms with Crippen molar-refractivity contribution in [2.45, 2.75) is 6.42 Å². The molecule has 0 bridgehead atoms. The van der Waals surface area contributed by atoms with Gasteiger partial charge in [0.25, 0.3) is 0 Å². The average Bonchev–Trinajstić information content (AvgIpc) is 2.06. The van der Waals surface area contributed by atoms with Gasteiger partial charge in [0.05, 0.1) is 0 Å². The van der Waals surface area contributed by atoms with Gasteiger partial charge < -0.3 is 0 Å². The summed E-state index contributed by atoms with van der Waals surface area (Å²) in [5.74, 6) is 0.194. The van der Waals surface area contributed by atoms with Crippen molar-refractivity contribution in [3.8, 4) is 0 Å². The maximum Gasteiger partial charge on any atom is 0.167 e. The molecular weight excluding hydrogens is 136 g/mol. The fourth-order valence-corrected chi connectivity index (χ4v) is 1.23. The Labute approximate surface area is 65.4 Å².